The molecule has 0 saturated heterocycles. The van der Waals surface area contributed by atoms with Crippen LogP contribution in [0.4, 0.5) is 0 Å². The Morgan fingerprint density at radius 3 is 1.76 bits per heavy atom. The predicted octanol–water partition coefficient (Wildman–Crippen LogP) is 5.70. The van der Waals surface area contributed by atoms with Gasteiger partial charge in [0.1, 0.15) is 11.9 Å². The number of carbonyl (C=O) groups is 2. The molecular formula is C35H38O5Si. The Labute approximate surface area is 243 Å². The summed E-state index contributed by atoms with van der Waals surface area (Å²) in [7, 11) is -1.49. The summed E-state index contributed by atoms with van der Waals surface area (Å²) < 4.78 is 12.5. The summed E-state index contributed by atoms with van der Waals surface area (Å²) in [5, 5.41) is 13.4. The summed E-state index contributed by atoms with van der Waals surface area (Å²) in [6, 6.07) is 36.1. The van der Waals surface area contributed by atoms with Crippen LogP contribution in [-0.4, -0.2) is 44.8 Å². The van der Waals surface area contributed by atoms with Gasteiger partial charge in [-0.25, -0.2) is 0 Å². The summed E-state index contributed by atoms with van der Waals surface area (Å²) in [6.07, 6.45) is -1.53. The molecule has 6 heteroatoms. The van der Waals surface area contributed by atoms with Crippen LogP contribution in [0.2, 0.25) is 5.04 Å². The summed E-state index contributed by atoms with van der Waals surface area (Å²) >= 11 is 0. The first kappa shape index (κ1) is 30.1. The van der Waals surface area contributed by atoms with Crippen molar-refractivity contribution < 1.29 is 23.9 Å². The van der Waals surface area contributed by atoms with Crippen LogP contribution in [0.5, 0.6) is 5.75 Å². The highest BCUT2D eigenvalue weighted by atomic mass is 28.4. The number of rotatable bonds is 12. The molecule has 0 aliphatic heterocycles. The molecule has 0 amide bonds. The summed E-state index contributed by atoms with van der Waals surface area (Å²) in [5.74, 6) is -1.08. The van der Waals surface area contributed by atoms with Crippen LogP contribution in [0, 0.1) is 5.92 Å². The molecule has 0 bridgehead atoms. The smallest absolute Gasteiger partial charge is 0.261 e. The number of hydrogen-bond donors (Lipinski definition) is 1. The third-order valence-corrected chi connectivity index (χ3v) is 12.6. The second-order valence-electron chi connectivity index (χ2n) is 11.2. The lowest BCUT2D eigenvalue weighted by Crippen LogP contribution is -2.67. The highest BCUT2D eigenvalue weighted by molar-refractivity contribution is 6.99. The van der Waals surface area contributed by atoms with Gasteiger partial charge in [0.05, 0.1) is 12.7 Å². The van der Waals surface area contributed by atoms with Crippen molar-refractivity contribution in [3.05, 3.63) is 126 Å². The van der Waals surface area contributed by atoms with Crippen molar-refractivity contribution in [1.82, 2.24) is 0 Å². The van der Waals surface area contributed by atoms with Crippen LogP contribution in [0.25, 0.3) is 0 Å². The minimum Gasteiger partial charge on any atom is -0.496 e. The fourth-order valence-corrected chi connectivity index (χ4v) is 10.1. The molecular weight excluding hydrogens is 528 g/mol. The number of Topliss-reactive ketones (excluding diaryl/α,β-unsaturated/α-hetero) is 2. The van der Waals surface area contributed by atoms with Gasteiger partial charge in [0.25, 0.3) is 8.32 Å². The van der Waals surface area contributed by atoms with Crippen LogP contribution in [0.15, 0.2) is 115 Å². The molecule has 4 aromatic rings. The molecule has 41 heavy (non-hydrogen) atoms. The average molecular weight is 567 g/mol. The number of ether oxygens (including phenoxy) is 1. The van der Waals surface area contributed by atoms with Crippen LogP contribution >= 0.6 is 0 Å². The number of para-hydroxylation sites is 1. The number of aliphatic hydroxyl groups is 1. The minimum atomic E-state index is -2.98. The molecule has 2 atom stereocenters. The maximum absolute atomic E-state index is 13.7. The fourth-order valence-electron chi connectivity index (χ4n) is 5.46. The van der Waals surface area contributed by atoms with E-state index in [-0.39, 0.29) is 29.4 Å². The van der Waals surface area contributed by atoms with Crippen molar-refractivity contribution >= 4 is 30.3 Å². The Kier molecular flexibility index (Phi) is 9.71. The summed E-state index contributed by atoms with van der Waals surface area (Å²) in [5.41, 5.74) is 0.796. The van der Waals surface area contributed by atoms with E-state index in [4.69, 9.17) is 9.16 Å². The van der Waals surface area contributed by atoms with Crippen molar-refractivity contribution in [3.63, 3.8) is 0 Å². The van der Waals surface area contributed by atoms with Crippen molar-refractivity contribution in [1.29, 1.82) is 0 Å². The molecule has 5 nitrogen and oxygen atoms in total. The standard InChI is InChI=1S/C35H38O5Si/c1-35(2,3)41(28-18-10-6-11-19-28,29-20-12-7-13-21-29)40-25-27(24-31(36)26-16-8-5-9-17-26)33(37)34(38)30-22-14-15-23-32(30)39-4/h5-23,27,33,37H,24-25H2,1-4H3/t27-,33-/m1/s1. The molecule has 0 unspecified atom stereocenters. The van der Waals surface area contributed by atoms with Gasteiger partial charge in [0, 0.05) is 24.5 Å². The number of ketones is 2. The van der Waals surface area contributed by atoms with Gasteiger partial charge in [-0.2, -0.15) is 0 Å². The monoisotopic (exact) mass is 566 g/mol. The maximum atomic E-state index is 13.7. The SMILES string of the molecule is COc1ccccc1C(=O)[C@H](O)[C@@H](CO[Si](c1ccccc1)(c1ccccc1)C(C)(C)C)CC(=O)c1ccccc1. The van der Waals surface area contributed by atoms with Gasteiger partial charge in [-0.05, 0) is 27.5 Å². The van der Waals surface area contributed by atoms with Crippen molar-refractivity contribution in [2.75, 3.05) is 13.7 Å². The molecule has 4 aromatic carbocycles. The van der Waals surface area contributed by atoms with Crippen LogP contribution < -0.4 is 15.1 Å². The van der Waals surface area contributed by atoms with E-state index >= 15 is 0 Å². The third-order valence-electron chi connectivity index (χ3n) is 7.56. The van der Waals surface area contributed by atoms with Crippen molar-refractivity contribution in [2.24, 2.45) is 5.92 Å². The van der Waals surface area contributed by atoms with Gasteiger partial charge in [-0.3, -0.25) is 9.59 Å². The summed E-state index contributed by atoms with van der Waals surface area (Å²) in [4.78, 5) is 27.1. The Bertz CT molecular complexity index is 1390. The lowest BCUT2D eigenvalue weighted by Gasteiger charge is -2.44. The van der Waals surface area contributed by atoms with E-state index in [1.807, 2.05) is 42.5 Å². The molecule has 0 heterocycles. The second kappa shape index (κ2) is 13.2. The van der Waals surface area contributed by atoms with E-state index in [0.29, 0.717) is 11.3 Å². The quantitative estimate of drug-likeness (QED) is 0.176. The van der Waals surface area contributed by atoms with Gasteiger partial charge in [0.15, 0.2) is 11.6 Å². The highest BCUT2D eigenvalue weighted by Crippen LogP contribution is 2.37. The Hall–Kier alpha value is -3.84. The number of carbonyl (C=O) groups excluding carboxylic acids is 2. The van der Waals surface area contributed by atoms with E-state index in [1.54, 1.807) is 48.5 Å². The van der Waals surface area contributed by atoms with E-state index in [1.165, 1.54) is 7.11 Å². The first-order valence-electron chi connectivity index (χ1n) is 13.9. The number of methoxy groups -OCH3 is 1. The first-order chi connectivity index (χ1) is 19.7. The zero-order valence-electron chi connectivity index (χ0n) is 24.1. The van der Waals surface area contributed by atoms with Gasteiger partial charge < -0.3 is 14.3 Å². The lowest BCUT2D eigenvalue weighted by molar-refractivity contribution is 0.0455. The normalized spacial score (nSPS) is 13.3. The van der Waals surface area contributed by atoms with Gasteiger partial charge in [-0.15, -0.1) is 0 Å². The zero-order valence-corrected chi connectivity index (χ0v) is 25.1. The highest BCUT2D eigenvalue weighted by Gasteiger charge is 2.50. The fraction of sp³-hybridized carbons (Fsp3) is 0.257. The third kappa shape index (κ3) is 6.57. The van der Waals surface area contributed by atoms with E-state index in [2.05, 4.69) is 45.0 Å². The molecule has 0 radical (unpaired) electrons. The van der Waals surface area contributed by atoms with Crippen molar-refractivity contribution in [3.8, 4) is 5.75 Å². The van der Waals surface area contributed by atoms with Crippen LogP contribution in [0.1, 0.15) is 47.9 Å². The molecule has 212 valence electrons. The molecule has 0 spiro atoms. The topological polar surface area (TPSA) is 72.8 Å². The van der Waals surface area contributed by atoms with Crippen LogP contribution in [-0.2, 0) is 4.43 Å². The molecule has 0 aliphatic carbocycles. The molecule has 0 aromatic heterocycles. The van der Waals surface area contributed by atoms with Gasteiger partial charge in [0.2, 0.25) is 0 Å². The molecule has 0 saturated carbocycles. The lowest BCUT2D eigenvalue weighted by atomic mass is 9.89. The van der Waals surface area contributed by atoms with E-state index in [0.717, 1.165) is 10.4 Å². The largest absolute Gasteiger partial charge is 0.496 e. The molecule has 4 rings (SSSR count). The zero-order chi connectivity index (χ0) is 29.5. The van der Waals surface area contributed by atoms with E-state index in [9.17, 15) is 14.7 Å². The second-order valence-corrected chi connectivity index (χ2v) is 15.5. The minimum absolute atomic E-state index is 0.0217. The Balaban J connectivity index is 1.76. The van der Waals surface area contributed by atoms with Gasteiger partial charge >= 0.3 is 0 Å². The maximum Gasteiger partial charge on any atom is 0.261 e. The number of hydrogen-bond acceptors (Lipinski definition) is 5. The Morgan fingerprint density at radius 1 is 0.756 bits per heavy atom. The number of aliphatic hydroxyl groups excluding tert-OH is 1. The number of benzene rings is 4. The molecule has 0 aliphatic rings. The van der Waals surface area contributed by atoms with Gasteiger partial charge in [-0.1, -0.05) is 124 Å². The van der Waals surface area contributed by atoms with Crippen molar-refractivity contribution in [2.45, 2.75) is 38.3 Å². The molecule has 0 fully saturated rings. The molecule has 1 N–H and O–H groups in total. The predicted molar refractivity (Wildman–Crippen MR) is 166 cm³/mol. The first-order valence-corrected chi connectivity index (χ1v) is 15.8. The van der Waals surface area contributed by atoms with E-state index < -0.39 is 26.1 Å². The summed E-state index contributed by atoms with van der Waals surface area (Å²) in [6.45, 7) is 6.52. The van der Waals surface area contributed by atoms with Crippen LogP contribution in [0.3, 0.4) is 0 Å². The Morgan fingerprint density at radius 2 is 1.24 bits per heavy atom. The average Bonchev–Trinajstić information content (AvgIpc) is 3.00.